The lowest BCUT2D eigenvalue weighted by molar-refractivity contribution is 0.596. The van der Waals surface area contributed by atoms with E-state index in [0.717, 1.165) is 11.9 Å². The molecule has 0 amide bonds. The topological polar surface area (TPSA) is 42.2 Å². The number of benzene rings is 1. The predicted octanol–water partition coefficient (Wildman–Crippen LogP) is 2.84. The number of halogens is 1. The molecule has 1 unspecified atom stereocenters. The van der Waals surface area contributed by atoms with Gasteiger partial charge in [0.05, 0.1) is 17.9 Å². The average Bonchev–Trinajstić information content (AvgIpc) is 2.91. The Kier molecular flexibility index (Phi) is 3.98. The summed E-state index contributed by atoms with van der Waals surface area (Å²) >= 11 is 2.32. The van der Waals surface area contributed by atoms with E-state index in [1.807, 2.05) is 30.2 Å². The van der Waals surface area contributed by atoms with Gasteiger partial charge in [-0.25, -0.2) is 4.52 Å². The smallest absolute Gasteiger partial charge is 0.0892 e. The van der Waals surface area contributed by atoms with Gasteiger partial charge in [0.1, 0.15) is 0 Å². The van der Waals surface area contributed by atoms with Crippen molar-refractivity contribution in [3.8, 4) is 0 Å². The second-order valence-electron chi connectivity index (χ2n) is 4.68. The molecule has 3 aromatic rings. The second-order valence-corrected chi connectivity index (χ2v) is 5.92. The fourth-order valence-electron chi connectivity index (χ4n) is 2.34. The Bertz CT molecular complexity index is 705. The first-order valence-electron chi connectivity index (χ1n) is 6.47. The van der Waals surface area contributed by atoms with Crippen LogP contribution in [0.1, 0.15) is 17.2 Å². The van der Waals surface area contributed by atoms with Crippen molar-refractivity contribution in [2.45, 2.75) is 12.5 Å². The fraction of sp³-hybridized carbons (Fsp3) is 0.200. The maximum absolute atomic E-state index is 4.38. The van der Waals surface area contributed by atoms with Crippen LogP contribution < -0.4 is 5.32 Å². The van der Waals surface area contributed by atoms with Gasteiger partial charge in [-0.2, -0.15) is 5.10 Å². The molecule has 4 nitrogen and oxygen atoms in total. The summed E-state index contributed by atoms with van der Waals surface area (Å²) in [4.78, 5) is 4.19. The van der Waals surface area contributed by atoms with Gasteiger partial charge in [-0.05, 0) is 53.8 Å². The number of likely N-dealkylation sites (N-methyl/N-ethyl adjacent to an activating group) is 1. The van der Waals surface area contributed by atoms with Gasteiger partial charge in [-0.15, -0.1) is 0 Å². The standard InChI is InChI=1S/C15H15IN4/c1-17-14(8-11-2-4-12(16)5-3-11)13-9-19-20-7-6-18-10-15(13)20/h2-7,9-10,14,17H,8H2,1H3. The molecule has 0 saturated carbocycles. The molecule has 0 aliphatic carbocycles. The molecule has 0 radical (unpaired) electrons. The lowest BCUT2D eigenvalue weighted by Gasteiger charge is -2.15. The van der Waals surface area contributed by atoms with E-state index >= 15 is 0 Å². The van der Waals surface area contributed by atoms with E-state index < -0.39 is 0 Å². The van der Waals surface area contributed by atoms with Gasteiger partial charge in [0.25, 0.3) is 0 Å². The van der Waals surface area contributed by atoms with E-state index in [1.165, 1.54) is 14.7 Å². The van der Waals surface area contributed by atoms with Gasteiger partial charge in [0.15, 0.2) is 0 Å². The van der Waals surface area contributed by atoms with E-state index in [1.54, 1.807) is 6.20 Å². The molecule has 20 heavy (non-hydrogen) atoms. The van der Waals surface area contributed by atoms with Crippen molar-refractivity contribution in [3.63, 3.8) is 0 Å². The lowest BCUT2D eigenvalue weighted by Crippen LogP contribution is -2.18. The monoisotopic (exact) mass is 378 g/mol. The third kappa shape index (κ3) is 2.69. The van der Waals surface area contributed by atoms with E-state index in [9.17, 15) is 0 Å². The summed E-state index contributed by atoms with van der Waals surface area (Å²) in [5, 5.41) is 7.76. The summed E-state index contributed by atoms with van der Waals surface area (Å²) < 4.78 is 3.12. The van der Waals surface area contributed by atoms with Crippen molar-refractivity contribution in [3.05, 3.63) is 63.7 Å². The van der Waals surface area contributed by atoms with Crippen LogP contribution in [0.25, 0.3) is 5.52 Å². The molecule has 0 spiro atoms. The highest BCUT2D eigenvalue weighted by Crippen LogP contribution is 2.22. The van der Waals surface area contributed by atoms with Gasteiger partial charge in [-0.3, -0.25) is 4.98 Å². The molecule has 2 heterocycles. The molecular weight excluding hydrogens is 363 g/mol. The van der Waals surface area contributed by atoms with Crippen LogP contribution in [-0.4, -0.2) is 21.6 Å². The number of hydrogen-bond donors (Lipinski definition) is 1. The molecule has 0 bridgehead atoms. The number of nitrogens with one attached hydrogen (secondary N) is 1. The van der Waals surface area contributed by atoms with Crippen LogP contribution in [0.5, 0.6) is 0 Å². The number of aromatic nitrogens is 3. The van der Waals surface area contributed by atoms with E-state index in [0.29, 0.717) is 0 Å². The van der Waals surface area contributed by atoms with Crippen molar-refractivity contribution in [2.75, 3.05) is 7.05 Å². The van der Waals surface area contributed by atoms with Gasteiger partial charge in [0.2, 0.25) is 0 Å². The Morgan fingerprint density at radius 3 is 2.80 bits per heavy atom. The van der Waals surface area contributed by atoms with Crippen molar-refractivity contribution < 1.29 is 0 Å². The zero-order chi connectivity index (χ0) is 13.9. The normalized spacial score (nSPS) is 12.7. The van der Waals surface area contributed by atoms with Crippen LogP contribution in [-0.2, 0) is 6.42 Å². The quantitative estimate of drug-likeness (QED) is 0.710. The van der Waals surface area contributed by atoms with E-state index in [4.69, 9.17) is 0 Å². The molecule has 0 fully saturated rings. The van der Waals surface area contributed by atoms with Crippen molar-refractivity contribution in [1.29, 1.82) is 0 Å². The SMILES string of the molecule is CNC(Cc1ccc(I)cc1)c1cnn2ccncc12. The minimum atomic E-state index is 0.233. The summed E-state index contributed by atoms with van der Waals surface area (Å²) in [6, 6.07) is 8.86. The number of nitrogens with zero attached hydrogens (tertiary/aromatic N) is 3. The first-order chi connectivity index (χ1) is 9.78. The first kappa shape index (κ1) is 13.5. The maximum Gasteiger partial charge on any atom is 0.0892 e. The molecule has 1 N–H and O–H groups in total. The summed E-state index contributed by atoms with van der Waals surface area (Å²) in [5.41, 5.74) is 3.55. The Hall–Kier alpha value is -1.47. The van der Waals surface area contributed by atoms with Crippen LogP contribution in [0.15, 0.2) is 49.1 Å². The second kappa shape index (κ2) is 5.88. The minimum absolute atomic E-state index is 0.233. The van der Waals surface area contributed by atoms with Crippen molar-refractivity contribution in [2.24, 2.45) is 0 Å². The van der Waals surface area contributed by atoms with Gasteiger partial charge in [-0.1, -0.05) is 12.1 Å². The molecule has 1 atom stereocenters. The molecule has 0 aliphatic heterocycles. The molecular formula is C15H15IN4. The molecule has 0 aliphatic rings. The fourth-order valence-corrected chi connectivity index (χ4v) is 2.70. The van der Waals surface area contributed by atoms with Crippen LogP contribution in [0.4, 0.5) is 0 Å². The molecule has 3 rings (SSSR count). The zero-order valence-electron chi connectivity index (χ0n) is 11.1. The first-order valence-corrected chi connectivity index (χ1v) is 7.55. The Balaban J connectivity index is 1.91. The summed E-state index contributed by atoms with van der Waals surface area (Å²) in [6.07, 6.45) is 8.34. The number of hydrogen-bond acceptors (Lipinski definition) is 3. The van der Waals surface area contributed by atoms with Crippen LogP contribution in [0, 0.1) is 3.57 Å². The van der Waals surface area contributed by atoms with Crippen molar-refractivity contribution >= 4 is 28.1 Å². The predicted molar refractivity (Wildman–Crippen MR) is 87.7 cm³/mol. The largest absolute Gasteiger partial charge is 0.313 e. The zero-order valence-corrected chi connectivity index (χ0v) is 13.3. The van der Waals surface area contributed by atoms with Crippen LogP contribution in [0.2, 0.25) is 0 Å². The number of fused-ring (bicyclic) bond motifs is 1. The third-order valence-corrected chi connectivity index (χ3v) is 4.15. The van der Waals surface area contributed by atoms with Gasteiger partial charge >= 0.3 is 0 Å². The van der Waals surface area contributed by atoms with Crippen LogP contribution >= 0.6 is 22.6 Å². The summed E-state index contributed by atoms with van der Waals surface area (Å²) in [5.74, 6) is 0. The van der Waals surface area contributed by atoms with E-state index in [2.05, 4.69) is 62.3 Å². The third-order valence-electron chi connectivity index (χ3n) is 3.43. The summed E-state index contributed by atoms with van der Waals surface area (Å²) in [7, 11) is 1.98. The average molecular weight is 378 g/mol. The van der Waals surface area contributed by atoms with E-state index in [-0.39, 0.29) is 6.04 Å². The number of rotatable bonds is 4. The highest BCUT2D eigenvalue weighted by atomic mass is 127. The van der Waals surface area contributed by atoms with Crippen LogP contribution in [0.3, 0.4) is 0 Å². The Morgan fingerprint density at radius 1 is 1.25 bits per heavy atom. The van der Waals surface area contributed by atoms with Gasteiger partial charge < -0.3 is 5.32 Å². The Morgan fingerprint density at radius 2 is 2.05 bits per heavy atom. The molecule has 5 heteroatoms. The molecule has 0 saturated heterocycles. The van der Waals surface area contributed by atoms with Gasteiger partial charge in [0, 0.05) is 27.6 Å². The molecule has 2 aromatic heterocycles. The molecule has 102 valence electrons. The minimum Gasteiger partial charge on any atom is -0.313 e. The molecule has 1 aromatic carbocycles. The summed E-state index contributed by atoms with van der Waals surface area (Å²) in [6.45, 7) is 0. The highest BCUT2D eigenvalue weighted by Gasteiger charge is 2.15. The lowest BCUT2D eigenvalue weighted by atomic mass is 10.0. The van der Waals surface area contributed by atoms with Crippen molar-refractivity contribution in [1.82, 2.24) is 19.9 Å². The highest BCUT2D eigenvalue weighted by molar-refractivity contribution is 14.1. The maximum atomic E-state index is 4.38. The Labute approximate surface area is 131 Å².